The lowest BCUT2D eigenvalue weighted by Gasteiger charge is -2.22. The summed E-state index contributed by atoms with van der Waals surface area (Å²) in [6.45, 7) is 8.91. The predicted molar refractivity (Wildman–Crippen MR) is 155 cm³/mol. The van der Waals surface area contributed by atoms with E-state index in [0.29, 0.717) is 39.2 Å². The molecule has 1 amide bonds. The number of rotatable bonds is 12. The summed E-state index contributed by atoms with van der Waals surface area (Å²) < 4.78 is 50.9. The SMILES string of the molecule is C=CC(=O)N(C)c1cc(OC)cc(-c2cnc3c(c2)c(-c2ccnc(F)c2)cn3C(C)OP(=O)(OCC)OCC)c1. The number of phosphoric acid groups is 1. The predicted octanol–water partition coefficient (Wildman–Crippen LogP) is 6.78. The summed E-state index contributed by atoms with van der Waals surface area (Å²) in [6.07, 6.45) is 5.21. The molecule has 3 aromatic heterocycles. The number of nitrogens with zero attached hydrogens (tertiary/aromatic N) is 4. The molecule has 0 saturated heterocycles. The average Bonchev–Trinajstić information content (AvgIpc) is 3.35. The Kier molecular flexibility index (Phi) is 9.35. The number of ether oxygens (including phenoxy) is 1. The fourth-order valence-electron chi connectivity index (χ4n) is 4.34. The lowest BCUT2D eigenvalue weighted by atomic mass is 10.0. The molecule has 0 N–H and O–H groups in total. The zero-order chi connectivity index (χ0) is 29.7. The zero-order valence-corrected chi connectivity index (χ0v) is 24.4. The molecule has 216 valence electrons. The molecule has 10 nitrogen and oxygen atoms in total. The van der Waals surface area contributed by atoms with Gasteiger partial charge in [-0.05, 0) is 62.2 Å². The molecule has 4 rings (SSSR count). The zero-order valence-electron chi connectivity index (χ0n) is 23.5. The lowest BCUT2D eigenvalue weighted by molar-refractivity contribution is -0.113. The maximum Gasteiger partial charge on any atom is 0.476 e. The first-order valence-corrected chi connectivity index (χ1v) is 14.4. The Morgan fingerprint density at radius 3 is 2.49 bits per heavy atom. The molecule has 3 heterocycles. The minimum atomic E-state index is -3.85. The van der Waals surface area contributed by atoms with Gasteiger partial charge < -0.3 is 14.2 Å². The summed E-state index contributed by atoms with van der Waals surface area (Å²) in [7, 11) is -0.668. The first kappa shape index (κ1) is 30.1. The van der Waals surface area contributed by atoms with E-state index in [-0.39, 0.29) is 19.1 Å². The van der Waals surface area contributed by atoms with E-state index in [1.165, 1.54) is 23.2 Å². The van der Waals surface area contributed by atoms with Gasteiger partial charge in [-0.1, -0.05) is 6.58 Å². The van der Waals surface area contributed by atoms with Crippen LogP contribution in [0.1, 0.15) is 27.0 Å². The largest absolute Gasteiger partial charge is 0.497 e. The molecule has 12 heteroatoms. The average molecular weight is 583 g/mol. The van der Waals surface area contributed by atoms with Crippen LogP contribution in [-0.4, -0.2) is 47.8 Å². The van der Waals surface area contributed by atoms with Crippen LogP contribution in [0.3, 0.4) is 0 Å². The van der Waals surface area contributed by atoms with Gasteiger partial charge in [0.1, 0.15) is 17.6 Å². The minimum absolute atomic E-state index is 0.135. The Morgan fingerprint density at radius 1 is 1.12 bits per heavy atom. The lowest BCUT2D eigenvalue weighted by Crippen LogP contribution is -2.23. The van der Waals surface area contributed by atoms with E-state index in [2.05, 4.69) is 11.6 Å². The molecule has 0 saturated carbocycles. The number of halogens is 1. The first-order chi connectivity index (χ1) is 19.6. The Morgan fingerprint density at radius 2 is 1.85 bits per heavy atom. The van der Waals surface area contributed by atoms with Crippen molar-refractivity contribution < 1.29 is 32.1 Å². The molecule has 1 unspecified atom stereocenters. The number of phosphoric ester groups is 1. The molecule has 4 aromatic rings. The molecule has 0 bridgehead atoms. The number of pyridine rings is 2. The third-order valence-corrected chi connectivity index (χ3v) is 8.02. The Hall–Kier alpha value is -3.89. The van der Waals surface area contributed by atoms with Crippen LogP contribution in [-0.2, 0) is 22.9 Å². The summed E-state index contributed by atoms with van der Waals surface area (Å²) in [5.41, 5.74) is 3.76. The van der Waals surface area contributed by atoms with Gasteiger partial charge in [0.05, 0.1) is 20.3 Å². The van der Waals surface area contributed by atoms with Crippen molar-refractivity contribution in [3.8, 4) is 28.0 Å². The van der Waals surface area contributed by atoms with E-state index in [1.54, 1.807) is 64.0 Å². The highest BCUT2D eigenvalue weighted by atomic mass is 31.2. The van der Waals surface area contributed by atoms with Crippen molar-refractivity contribution in [1.29, 1.82) is 0 Å². The maximum absolute atomic E-state index is 14.2. The Bertz CT molecular complexity index is 1610. The minimum Gasteiger partial charge on any atom is -0.497 e. The second kappa shape index (κ2) is 12.7. The fourth-order valence-corrected chi connectivity index (χ4v) is 5.65. The van der Waals surface area contributed by atoms with Gasteiger partial charge in [0.2, 0.25) is 11.9 Å². The first-order valence-electron chi connectivity index (χ1n) is 12.9. The highest BCUT2D eigenvalue weighted by Crippen LogP contribution is 2.52. The highest BCUT2D eigenvalue weighted by molar-refractivity contribution is 7.48. The van der Waals surface area contributed by atoms with Crippen LogP contribution in [0.25, 0.3) is 33.3 Å². The summed E-state index contributed by atoms with van der Waals surface area (Å²) in [5, 5.41) is 0.672. The molecule has 1 aromatic carbocycles. The van der Waals surface area contributed by atoms with Crippen LogP contribution in [0.5, 0.6) is 5.75 Å². The molecule has 0 aliphatic heterocycles. The highest BCUT2D eigenvalue weighted by Gasteiger charge is 2.30. The molecule has 0 spiro atoms. The van der Waals surface area contributed by atoms with Crippen molar-refractivity contribution in [2.24, 2.45) is 0 Å². The molecular formula is C29H32FN4O6P. The molecular weight excluding hydrogens is 550 g/mol. The number of anilines is 1. The van der Waals surface area contributed by atoms with Crippen molar-refractivity contribution in [3.05, 3.63) is 73.6 Å². The smallest absolute Gasteiger partial charge is 0.476 e. The summed E-state index contributed by atoms with van der Waals surface area (Å²) in [5.74, 6) is -0.372. The molecule has 0 radical (unpaired) electrons. The summed E-state index contributed by atoms with van der Waals surface area (Å²) >= 11 is 0. The van der Waals surface area contributed by atoms with E-state index in [4.69, 9.17) is 23.3 Å². The second-order valence-corrected chi connectivity index (χ2v) is 10.5. The van der Waals surface area contributed by atoms with E-state index in [9.17, 15) is 13.8 Å². The summed E-state index contributed by atoms with van der Waals surface area (Å²) in [4.78, 5) is 22.1. The van der Waals surface area contributed by atoms with Gasteiger partial charge >= 0.3 is 7.82 Å². The number of amides is 1. The number of likely N-dealkylation sites (N-methyl/N-ethyl adjacent to an activating group) is 1. The number of aromatic nitrogens is 3. The quantitative estimate of drug-likeness (QED) is 0.102. The van der Waals surface area contributed by atoms with Crippen LogP contribution in [0, 0.1) is 5.95 Å². The van der Waals surface area contributed by atoms with Crippen LogP contribution >= 0.6 is 7.82 Å². The Labute approximate surface area is 238 Å². The second-order valence-electron chi connectivity index (χ2n) is 8.92. The van der Waals surface area contributed by atoms with Gasteiger partial charge in [0, 0.05) is 60.0 Å². The third-order valence-electron chi connectivity index (χ3n) is 6.31. The van der Waals surface area contributed by atoms with Gasteiger partial charge in [0.15, 0.2) is 0 Å². The van der Waals surface area contributed by atoms with Gasteiger partial charge in [0.25, 0.3) is 0 Å². The van der Waals surface area contributed by atoms with E-state index >= 15 is 0 Å². The van der Waals surface area contributed by atoms with Crippen LogP contribution in [0.4, 0.5) is 10.1 Å². The number of hydrogen-bond acceptors (Lipinski definition) is 8. The van der Waals surface area contributed by atoms with Crippen molar-refractivity contribution >= 4 is 30.5 Å². The standard InChI is InChI=1S/C29H32FN4O6P/c1-7-28(35)33(5)23-12-21(13-24(16-23)37-6)22-14-25-26(20-10-11-31-27(30)15-20)18-34(29(25)32-17-22)19(4)40-41(36,38-8-2)39-9-3/h7,10-19H,1,8-9H2,2-6H3. The number of carbonyl (C=O) groups excluding carboxylic acids is 1. The number of fused-ring (bicyclic) bond motifs is 1. The van der Waals surface area contributed by atoms with Crippen LogP contribution in [0.15, 0.2) is 67.6 Å². The number of benzene rings is 1. The van der Waals surface area contributed by atoms with Crippen molar-refractivity contribution in [1.82, 2.24) is 14.5 Å². The number of hydrogen-bond donors (Lipinski definition) is 0. The van der Waals surface area contributed by atoms with Gasteiger partial charge in [-0.25, -0.2) is 14.5 Å². The Balaban J connectivity index is 1.88. The third kappa shape index (κ3) is 6.55. The molecule has 1 atom stereocenters. The van der Waals surface area contributed by atoms with Gasteiger partial charge in [-0.3, -0.25) is 18.4 Å². The topological polar surface area (TPSA) is 105 Å². The number of methoxy groups -OCH3 is 1. The van der Waals surface area contributed by atoms with Crippen molar-refractivity contribution in [2.75, 3.05) is 32.3 Å². The van der Waals surface area contributed by atoms with E-state index < -0.39 is 20.0 Å². The molecule has 41 heavy (non-hydrogen) atoms. The molecule has 0 aliphatic rings. The summed E-state index contributed by atoms with van der Waals surface area (Å²) in [6, 6.07) is 10.3. The van der Waals surface area contributed by atoms with Gasteiger partial charge in [-0.15, -0.1) is 0 Å². The van der Waals surface area contributed by atoms with Crippen molar-refractivity contribution in [2.45, 2.75) is 27.0 Å². The van der Waals surface area contributed by atoms with E-state index in [0.717, 1.165) is 5.56 Å². The van der Waals surface area contributed by atoms with Crippen LogP contribution in [0.2, 0.25) is 0 Å². The van der Waals surface area contributed by atoms with Crippen molar-refractivity contribution in [3.63, 3.8) is 0 Å². The van der Waals surface area contributed by atoms with Gasteiger partial charge in [-0.2, -0.15) is 4.39 Å². The number of carbonyl (C=O) groups is 1. The van der Waals surface area contributed by atoms with E-state index in [1.807, 2.05) is 18.2 Å². The van der Waals surface area contributed by atoms with Crippen LogP contribution < -0.4 is 9.64 Å². The normalized spacial score (nSPS) is 12.3. The molecule has 0 aliphatic carbocycles. The maximum atomic E-state index is 14.2. The fraction of sp³-hybridized carbons (Fsp3) is 0.276. The molecule has 0 fully saturated rings. The monoisotopic (exact) mass is 582 g/mol.